The van der Waals surface area contributed by atoms with Gasteiger partial charge in [-0.2, -0.15) is 0 Å². The van der Waals surface area contributed by atoms with Crippen LogP contribution in [0.2, 0.25) is 0 Å². The van der Waals surface area contributed by atoms with Crippen LogP contribution in [0.25, 0.3) is 11.5 Å². The standard InChI is InChI=1S/C21H19N7O3/c1-13(2)28-11-23-27-19(28)16-8-5-9-18(24-16)26-20(29)14-6-3-4-7-15(14)25-21(30)17-10-31-12-22-17/h3-13H,1-2H3,(H,25,30)(H,24,26,29). The summed E-state index contributed by atoms with van der Waals surface area (Å²) in [6, 6.07) is 12.1. The predicted molar refractivity (Wildman–Crippen MR) is 112 cm³/mol. The third-order valence-corrected chi connectivity index (χ3v) is 4.43. The smallest absolute Gasteiger partial charge is 0.277 e. The molecule has 0 saturated carbocycles. The quantitative estimate of drug-likeness (QED) is 0.492. The number of anilines is 2. The van der Waals surface area contributed by atoms with Gasteiger partial charge in [-0.05, 0) is 38.1 Å². The van der Waals surface area contributed by atoms with E-state index in [-0.39, 0.29) is 17.3 Å². The maximum absolute atomic E-state index is 12.9. The first-order valence-electron chi connectivity index (χ1n) is 9.50. The Morgan fingerprint density at radius 3 is 2.65 bits per heavy atom. The third-order valence-electron chi connectivity index (χ3n) is 4.43. The summed E-state index contributed by atoms with van der Waals surface area (Å²) < 4.78 is 6.72. The Kier molecular flexibility index (Phi) is 5.52. The fourth-order valence-corrected chi connectivity index (χ4v) is 2.92. The SMILES string of the molecule is CC(C)n1cnnc1-c1cccc(NC(=O)c2ccccc2NC(=O)c2cocn2)n1. The van der Waals surface area contributed by atoms with E-state index in [9.17, 15) is 9.59 Å². The Hall–Kier alpha value is -4.34. The van der Waals surface area contributed by atoms with Crippen molar-refractivity contribution in [3.05, 3.63) is 72.7 Å². The first-order valence-corrected chi connectivity index (χ1v) is 9.50. The zero-order valence-electron chi connectivity index (χ0n) is 16.8. The Labute approximate surface area is 177 Å². The van der Waals surface area contributed by atoms with E-state index in [1.54, 1.807) is 48.8 Å². The molecule has 4 rings (SSSR count). The average molecular weight is 417 g/mol. The van der Waals surface area contributed by atoms with Gasteiger partial charge < -0.3 is 19.6 Å². The van der Waals surface area contributed by atoms with Crippen molar-refractivity contribution >= 4 is 23.3 Å². The van der Waals surface area contributed by atoms with E-state index in [4.69, 9.17) is 4.42 Å². The van der Waals surface area contributed by atoms with E-state index in [1.807, 2.05) is 18.4 Å². The topological polar surface area (TPSA) is 128 Å². The number of pyridine rings is 1. The highest BCUT2D eigenvalue weighted by Gasteiger charge is 2.17. The van der Waals surface area contributed by atoms with Gasteiger partial charge in [-0.25, -0.2) is 9.97 Å². The molecule has 3 heterocycles. The van der Waals surface area contributed by atoms with Crippen LogP contribution >= 0.6 is 0 Å². The fourth-order valence-electron chi connectivity index (χ4n) is 2.92. The first kappa shape index (κ1) is 20.0. The maximum atomic E-state index is 12.9. The number of rotatable bonds is 6. The number of hydrogen-bond donors (Lipinski definition) is 2. The van der Waals surface area contributed by atoms with Gasteiger partial charge in [0, 0.05) is 6.04 Å². The summed E-state index contributed by atoms with van der Waals surface area (Å²) in [7, 11) is 0. The van der Waals surface area contributed by atoms with Crippen LogP contribution in [0.5, 0.6) is 0 Å². The van der Waals surface area contributed by atoms with Crippen LogP contribution in [0.3, 0.4) is 0 Å². The molecule has 0 unspecified atom stereocenters. The second kappa shape index (κ2) is 8.57. The molecule has 1 aromatic carbocycles. The van der Waals surface area contributed by atoms with E-state index in [0.717, 1.165) is 6.39 Å². The number of nitrogens with one attached hydrogen (secondary N) is 2. The van der Waals surface area contributed by atoms with Crippen LogP contribution in [0, 0.1) is 0 Å². The molecule has 0 aliphatic rings. The van der Waals surface area contributed by atoms with Crippen molar-refractivity contribution in [1.29, 1.82) is 0 Å². The van der Waals surface area contributed by atoms with E-state index in [0.29, 0.717) is 23.0 Å². The van der Waals surface area contributed by atoms with Gasteiger partial charge in [0.25, 0.3) is 11.8 Å². The van der Waals surface area contributed by atoms with Crippen molar-refractivity contribution in [3.63, 3.8) is 0 Å². The molecule has 0 radical (unpaired) electrons. The summed E-state index contributed by atoms with van der Waals surface area (Å²) >= 11 is 0. The summed E-state index contributed by atoms with van der Waals surface area (Å²) in [4.78, 5) is 33.5. The van der Waals surface area contributed by atoms with Crippen LogP contribution in [-0.4, -0.2) is 36.5 Å². The van der Waals surface area contributed by atoms with E-state index < -0.39 is 11.8 Å². The number of oxazole rings is 1. The van der Waals surface area contributed by atoms with E-state index in [1.165, 1.54) is 6.26 Å². The minimum Gasteiger partial charge on any atom is -0.451 e. The highest BCUT2D eigenvalue weighted by molar-refractivity contribution is 6.11. The van der Waals surface area contributed by atoms with Crippen LogP contribution in [-0.2, 0) is 0 Å². The first-order chi connectivity index (χ1) is 15.0. The average Bonchev–Trinajstić information content (AvgIpc) is 3.46. The molecule has 2 N–H and O–H groups in total. The molecule has 0 saturated heterocycles. The maximum Gasteiger partial charge on any atom is 0.277 e. The largest absolute Gasteiger partial charge is 0.451 e. The lowest BCUT2D eigenvalue weighted by Gasteiger charge is -2.12. The van der Waals surface area contributed by atoms with Gasteiger partial charge >= 0.3 is 0 Å². The Morgan fingerprint density at radius 2 is 1.87 bits per heavy atom. The number of nitrogens with zero attached hydrogens (tertiary/aromatic N) is 5. The number of para-hydroxylation sites is 1. The molecule has 0 fully saturated rings. The number of benzene rings is 1. The van der Waals surface area contributed by atoms with E-state index >= 15 is 0 Å². The molecule has 0 aliphatic carbocycles. The molecule has 0 atom stereocenters. The highest BCUT2D eigenvalue weighted by Crippen LogP contribution is 2.21. The molecule has 0 bridgehead atoms. The molecule has 4 aromatic rings. The second-order valence-corrected chi connectivity index (χ2v) is 6.89. The molecule has 2 amide bonds. The lowest BCUT2D eigenvalue weighted by molar-refractivity contribution is 0.102. The Morgan fingerprint density at radius 1 is 1.03 bits per heavy atom. The minimum absolute atomic E-state index is 0.110. The lowest BCUT2D eigenvalue weighted by Crippen LogP contribution is -2.19. The van der Waals surface area contributed by atoms with Gasteiger partial charge in [0.15, 0.2) is 17.9 Å². The summed E-state index contributed by atoms with van der Waals surface area (Å²) in [5, 5.41) is 13.5. The molecular formula is C21H19N7O3. The predicted octanol–water partition coefficient (Wildman–Crippen LogP) is 3.41. The summed E-state index contributed by atoms with van der Waals surface area (Å²) in [5.41, 5.74) is 1.30. The van der Waals surface area contributed by atoms with Gasteiger partial charge in [-0.3, -0.25) is 9.59 Å². The molecule has 10 heteroatoms. The van der Waals surface area contributed by atoms with Crippen LogP contribution < -0.4 is 10.6 Å². The van der Waals surface area contributed by atoms with Crippen molar-refractivity contribution in [2.75, 3.05) is 10.6 Å². The number of amides is 2. The number of aromatic nitrogens is 5. The molecular weight excluding hydrogens is 398 g/mol. The molecule has 31 heavy (non-hydrogen) atoms. The summed E-state index contributed by atoms with van der Waals surface area (Å²) in [6.07, 6.45) is 4.02. The molecule has 156 valence electrons. The summed E-state index contributed by atoms with van der Waals surface area (Å²) in [5.74, 6) is 0.0398. The van der Waals surface area contributed by atoms with Crippen molar-refractivity contribution in [2.24, 2.45) is 0 Å². The number of hydrogen-bond acceptors (Lipinski definition) is 7. The van der Waals surface area contributed by atoms with Gasteiger partial charge in [0.2, 0.25) is 0 Å². The Balaban J connectivity index is 1.56. The van der Waals surface area contributed by atoms with Gasteiger partial charge in [0.1, 0.15) is 24.1 Å². The van der Waals surface area contributed by atoms with Gasteiger partial charge in [-0.15, -0.1) is 10.2 Å². The Bertz CT molecular complexity index is 1220. The molecule has 0 spiro atoms. The second-order valence-electron chi connectivity index (χ2n) is 6.89. The summed E-state index contributed by atoms with van der Waals surface area (Å²) in [6.45, 7) is 4.03. The number of carbonyl (C=O) groups is 2. The van der Waals surface area contributed by atoms with E-state index in [2.05, 4.69) is 30.8 Å². The fraction of sp³-hybridized carbons (Fsp3) is 0.143. The zero-order valence-corrected chi connectivity index (χ0v) is 16.8. The van der Waals surface area contributed by atoms with Crippen LogP contribution in [0.1, 0.15) is 40.7 Å². The molecule has 3 aromatic heterocycles. The normalized spacial score (nSPS) is 10.8. The van der Waals surface area contributed by atoms with Crippen LogP contribution in [0.15, 0.2) is 65.9 Å². The van der Waals surface area contributed by atoms with Crippen molar-refractivity contribution in [1.82, 2.24) is 24.7 Å². The lowest BCUT2D eigenvalue weighted by atomic mass is 10.1. The van der Waals surface area contributed by atoms with Crippen LogP contribution in [0.4, 0.5) is 11.5 Å². The number of carbonyl (C=O) groups excluding carboxylic acids is 2. The van der Waals surface area contributed by atoms with Crippen molar-refractivity contribution in [2.45, 2.75) is 19.9 Å². The highest BCUT2D eigenvalue weighted by atomic mass is 16.3. The van der Waals surface area contributed by atoms with Crippen molar-refractivity contribution < 1.29 is 14.0 Å². The van der Waals surface area contributed by atoms with Gasteiger partial charge in [0.05, 0.1) is 11.3 Å². The molecule has 10 nitrogen and oxygen atoms in total. The monoisotopic (exact) mass is 417 g/mol. The zero-order chi connectivity index (χ0) is 21.8. The molecule has 0 aliphatic heterocycles. The van der Waals surface area contributed by atoms with Gasteiger partial charge in [-0.1, -0.05) is 18.2 Å². The minimum atomic E-state index is -0.484. The third kappa shape index (κ3) is 4.32. The van der Waals surface area contributed by atoms with Crippen molar-refractivity contribution in [3.8, 4) is 11.5 Å².